The predicted octanol–water partition coefficient (Wildman–Crippen LogP) is 0.542. The Hall–Kier alpha value is -13.5. The highest BCUT2D eigenvalue weighted by Crippen LogP contribution is 2.42. The van der Waals surface area contributed by atoms with E-state index in [0.717, 1.165) is 93.2 Å². The van der Waals surface area contributed by atoms with Crippen LogP contribution in [-0.2, 0) is 83.2 Å². The summed E-state index contributed by atoms with van der Waals surface area (Å²) >= 11 is 3.30. The molecule has 0 bridgehead atoms. The number of aryl methyl sites for hydroxylation is 4. The second-order valence-corrected chi connectivity index (χ2v) is 36.8. The maximum atomic E-state index is 13.6. The second-order valence-electron chi connectivity index (χ2n) is 34.1. The molecule has 4 aromatic carbocycles. The summed E-state index contributed by atoms with van der Waals surface area (Å²) in [6.07, 6.45) is -0.524. The zero-order valence-electron chi connectivity index (χ0n) is 77.4. The number of likely N-dealkylation sites (N-methyl/N-ethyl adjacent to an activating group) is 1. The number of hydrogen-bond donors (Lipinski definition) is 17. The number of halogens is 1. The van der Waals surface area contributed by atoms with Crippen LogP contribution < -0.4 is 67.7 Å². The number of imide groups is 3. The van der Waals surface area contributed by atoms with E-state index in [1.807, 2.05) is 100 Å². The van der Waals surface area contributed by atoms with Gasteiger partial charge in [-0.2, -0.15) is 0 Å². The van der Waals surface area contributed by atoms with Crippen LogP contribution in [0.3, 0.4) is 0 Å². The Kier molecular flexibility index (Phi) is 37.5. The van der Waals surface area contributed by atoms with E-state index in [1.54, 1.807) is 17.7 Å². The van der Waals surface area contributed by atoms with Gasteiger partial charge in [0.1, 0.15) is 60.4 Å². The first-order valence-electron chi connectivity index (χ1n) is 44.8. The number of rotatable bonds is 31. The van der Waals surface area contributed by atoms with Gasteiger partial charge < -0.3 is 123 Å². The monoisotopic (exact) mass is 2010 g/mol. The molecule has 3 unspecified atom stereocenters. The zero-order chi connectivity index (χ0) is 103. The summed E-state index contributed by atoms with van der Waals surface area (Å²) in [6.45, 7) is 8.71. The molecule has 748 valence electrons. The number of thiazole rings is 3. The first kappa shape index (κ1) is 108. The van der Waals surface area contributed by atoms with Crippen LogP contribution in [0.15, 0.2) is 88.9 Å². The van der Waals surface area contributed by atoms with E-state index < -0.39 is 191 Å². The number of fused-ring (bicyclic) bond motifs is 4. The highest BCUT2D eigenvalue weighted by atomic mass is 32.1. The van der Waals surface area contributed by atoms with Crippen LogP contribution in [0.25, 0.3) is 0 Å². The third kappa shape index (κ3) is 27.8. The molecule has 0 aliphatic carbocycles. The summed E-state index contributed by atoms with van der Waals surface area (Å²) in [5.41, 5.74) is 24.8. The number of benzene rings is 4. The van der Waals surface area contributed by atoms with Crippen LogP contribution in [0.2, 0.25) is 29.6 Å². The lowest BCUT2D eigenvalue weighted by Crippen LogP contribution is -2.61. The summed E-state index contributed by atoms with van der Waals surface area (Å²) in [7, 11) is -6.45. The zero-order valence-corrected chi connectivity index (χ0v) is 79.9. The van der Waals surface area contributed by atoms with Crippen LogP contribution in [-0.4, -0.2) is 306 Å². The van der Waals surface area contributed by atoms with Gasteiger partial charge >= 0.3 is 101 Å². The number of carboxylic acids is 1. The molecule has 15 amide bonds. The normalized spacial score (nSPS) is 18.1. The molecule has 7 aliphatic heterocycles. The first-order valence-corrected chi connectivity index (χ1v) is 47.5. The second kappa shape index (κ2) is 49.0. The fraction of sp³-hybridized carbons (Fsp3) is 0.430. The quantitative estimate of drug-likeness (QED) is 0.0208. The fourth-order valence-corrected chi connectivity index (χ4v) is 18.3. The van der Waals surface area contributed by atoms with Crippen molar-refractivity contribution in [2.75, 3.05) is 95.9 Å². The van der Waals surface area contributed by atoms with Crippen molar-refractivity contribution in [3.8, 4) is 23.0 Å². The molecule has 9 atom stereocenters. The molecular formula is C86H106B5FN18O28S3. The Morgan fingerprint density at radius 2 is 0.816 bits per heavy atom. The van der Waals surface area contributed by atoms with Crippen molar-refractivity contribution in [1.82, 2.24) is 76.3 Å². The third-order valence-corrected chi connectivity index (χ3v) is 26.1. The number of carbonyl (C=O) groups is 16. The lowest BCUT2D eigenvalue weighted by Gasteiger charge is -2.34. The largest absolute Gasteiger partial charge is 0.536 e. The predicted molar refractivity (Wildman–Crippen MR) is 510 cm³/mol. The Morgan fingerprint density at radius 1 is 0.475 bits per heavy atom. The molecule has 7 aromatic rings. The van der Waals surface area contributed by atoms with Gasteiger partial charge in [0.05, 0.1) is 23.2 Å². The SMILES string of the molecule is CCN1CCN(C(=O)NCCN2CCN(C(=O)NC(C(=O)C[C@H]3Cc4cccc(C)c4OB3O)c3csc(N)n3)C(=O)C2=O)C(=O)C1=O.Cc1cccc2c1OB(O)[C@@H](CC(=O)C(NC(=O)CCB(O)O)c1csc(N)n1)C2.Cc1cccc2c1OB(O)[C@@H](CC(=O)C(NC(=O)NCC(=O)O)c1csc(N)n1)C2.Cc1cccc2c1OB(O)[C@@H](CC(=O)[C@H](NC(=O)N1CCN(CCF)C(=O)C1=O)[C@@H](C)O)C2. The average Bonchev–Trinajstić information content (AvgIpc) is 1.49. The van der Waals surface area contributed by atoms with Gasteiger partial charge in [-0.1, -0.05) is 72.8 Å². The summed E-state index contributed by atoms with van der Waals surface area (Å²) in [6, 6.07) is 13.9. The minimum absolute atomic E-state index is 0.0229. The van der Waals surface area contributed by atoms with E-state index in [0.29, 0.717) is 70.7 Å². The number of nitrogen functional groups attached to an aromatic ring is 3. The van der Waals surface area contributed by atoms with Gasteiger partial charge in [0.25, 0.3) is 0 Å². The van der Waals surface area contributed by atoms with Crippen molar-refractivity contribution in [3.63, 3.8) is 0 Å². The molecule has 0 spiro atoms. The summed E-state index contributed by atoms with van der Waals surface area (Å²) in [5.74, 6) is -9.44. The third-order valence-electron chi connectivity index (χ3n) is 24.0. The number of aromatic nitrogens is 3. The molecule has 3 fully saturated rings. The number of nitrogens with one attached hydrogen (secondary N) is 6. The van der Waals surface area contributed by atoms with Gasteiger partial charge in [-0.3, -0.25) is 72.2 Å². The molecule has 141 heavy (non-hydrogen) atoms. The highest BCUT2D eigenvalue weighted by Gasteiger charge is 2.47. The van der Waals surface area contributed by atoms with Gasteiger partial charge in [-0.25, -0.2) is 38.5 Å². The minimum Gasteiger partial charge on any atom is -0.536 e. The number of nitrogens with zero attached hydrogens (tertiary/aromatic N) is 9. The van der Waals surface area contributed by atoms with Gasteiger partial charge in [-0.05, 0) is 118 Å². The number of carboxylic acid groups (broad SMARTS) is 1. The number of carbonyl (C=O) groups excluding carboxylic acids is 15. The van der Waals surface area contributed by atoms with E-state index >= 15 is 0 Å². The number of urea groups is 4. The molecule has 10 heterocycles. The molecule has 20 N–H and O–H groups in total. The van der Waals surface area contributed by atoms with Crippen LogP contribution >= 0.6 is 34.0 Å². The van der Waals surface area contributed by atoms with Crippen molar-refractivity contribution in [2.24, 2.45) is 0 Å². The molecule has 14 rings (SSSR count). The molecule has 7 aliphatic rings. The molecule has 0 saturated carbocycles. The van der Waals surface area contributed by atoms with Crippen LogP contribution in [0, 0.1) is 27.7 Å². The number of piperazine rings is 3. The van der Waals surface area contributed by atoms with Gasteiger partial charge in [0.15, 0.2) is 38.5 Å². The van der Waals surface area contributed by atoms with E-state index in [-0.39, 0.29) is 130 Å². The standard InChI is InChI=1S/C29H35BN8O9S.C21H27BFN3O7.C18H23B2N3O6S.C18H21BN4O6S/c1-3-35-9-11-37(25(42)23(35)40)28(44)32-7-8-36-10-12-38(26(43)24(36)41)29(45)34-21(19-15-48-27(31)33-19)20(39)14-18-13-17-6-4-5-16(2)22(17)47-30(18)46;1-12-4-3-5-14-10-15(22(32)33-18(12)14)11-16(28)17(13(2)27)24-21(31)26-9-8-25(7-6-23)19(29)20(26)30;1-10-3-2-4-11-7-12(20(28)29-17(10)11)8-14(24)16(13-9-30-18(21)22-13)23-15(25)5-6-19(26)27;1-9-3-2-4-10-5-11(19(28)29-16(9)10)6-13(24)15(12-8-30-17(20)22-12)23-18(27)21-7-14(25)26/h4-6,15,18,21,46H,3,7-14H2,1-2H3,(H2,31,33)(H,32,44)(H,34,45);3-5,13,15,17,27,32H,6-11H2,1-2H3,(H,24,31);2-4,9,12,16,26-28H,5-8H2,1H3,(H2,21,22)(H,23,25);2-4,8,11,15,28H,5-7H2,1H3,(H2,20,22)(H,25,26)(H2,21,23,27)/t18-,21?;13-,15-,17-;12-,16?;11-,15?/m1111/s1. The molecule has 0 radical (unpaired) electrons. The highest BCUT2D eigenvalue weighted by molar-refractivity contribution is 7.14. The Labute approximate surface area is 820 Å². The van der Waals surface area contributed by atoms with Crippen LogP contribution in [0.1, 0.15) is 126 Å². The number of Topliss-reactive ketones (excluding diaryl/α,β-unsaturated/α-hetero) is 4. The first-order chi connectivity index (χ1) is 67.0. The maximum Gasteiger partial charge on any atom is 0.526 e. The number of aliphatic hydroxyl groups is 1. The van der Waals surface area contributed by atoms with Gasteiger partial charge in [0, 0.05) is 137 Å². The number of nitrogens with two attached hydrogens (primary N) is 3. The van der Waals surface area contributed by atoms with Crippen LogP contribution in [0.4, 0.5) is 39.0 Å². The number of para-hydroxylation sites is 4. The number of aliphatic hydroxyl groups excluding tert-OH is 1. The van der Waals surface area contributed by atoms with E-state index in [4.69, 9.17) is 51.0 Å². The van der Waals surface area contributed by atoms with Gasteiger partial charge in [-0.15, -0.1) is 34.0 Å². The van der Waals surface area contributed by atoms with Crippen molar-refractivity contribution < 1.29 is 140 Å². The fourth-order valence-electron chi connectivity index (χ4n) is 16.6. The summed E-state index contributed by atoms with van der Waals surface area (Å²) in [4.78, 5) is 218. The van der Waals surface area contributed by atoms with Gasteiger partial charge in [0.2, 0.25) is 5.91 Å². The minimum atomic E-state index is -1.61. The summed E-state index contributed by atoms with van der Waals surface area (Å²) < 4.78 is 35.0. The lowest BCUT2D eigenvalue weighted by atomic mass is 9.64. The van der Waals surface area contributed by atoms with Crippen LogP contribution in [0.5, 0.6) is 23.0 Å². The van der Waals surface area contributed by atoms with E-state index in [2.05, 4.69) is 46.9 Å². The summed E-state index contributed by atoms with van der Waals surface area (Å²) in [5, 5.41) is 98.3. The molecule has 46 nitrogen and oxygen atoms in total. The smallest absolute Gasteiger partial charge is 0.526 e. The Balaban J connectivity index is 0.000000184. The van der Waals surface area contributed by atoms with E-state index in [1.165, 1.54) is 17.2 Å². The van der Waals surface area contributed by atoms with E-state index in [9.17, 15) is 106 Å². The average molecular weight is 2010 g/mol. The number of amides is 15. The number of hydrogen-bond acceptors (Lipinski definition) is 36. The Bertz CT molecular complexity index is 5850. The molecule has 3 aromatic heterocycles. The number of alkyl halides is 1. The number of aliphatic carboxylic acids is 1. The van der Waals surface area contributed by atoms with Crippen molar-refractivity contribution >= 4 is 180 Å². The van der Waals surface area contributed by atoms with Crippen molar-refractivity contribution in [2.45, 2.75) is 159 Å². The number of ketones is 4. The lowest BCUT2D eigenvalue weighted by molar-refractivity contribution is -0.153. The van der Waals surface area contributed by atoms with Crippen molar-refractivity contribution in [1.29, 1.82) is 0 Å². The number of anilines is 3. The van der Waals surface area contributed by atoms with Crippen molar-refractivity contribution in [3.05, 3.63) is 151 Å². The molecule has 55 heteroatoms. The Morgan fingerprint density at radius 3 is 1.16 bits per heavy atom. The molecular weight excluding hydrogens is 1900 g/mol. The topological polar surface area (TPSA) is 680 Å². The molecule has 3 saturated heterocycles. The maximum absolute atomic E-state index is 13.6.